The molecule has 254 valence electrons. The van der Waals surface area contributed by atoms with Gasteiger partial charge in [0.05, 0.1) is 17.8 Å². The third kappa shape index (κ3) is 6.36. The summed E-state index contributed by atoms with van der Waals surface area (Å²) in [7, 11) is 2.14. The summed E-state index contributed by atoms with van der Waals surface area (Å²) in [6.07, 6.45) is 10.9. The fraction of sp³-hybridized carbons (Fsp3) is 0.390. The van der Waals surface area contributed by atoms with Crippen LogP contribution in [0.5, 0.6) is 5.75 Å². The second-order valence-corrected chi connectivity index (χ2v) is 13.9. The van der Waals surface area contributed by atoms with E-state index in [0.29, 0.717) is 30.9 Å². The maximum Gasteiger partial charge on any atom is 0.328 e. The molecule has 3 aliphatic rings. The van der Waals surface area contributed by atoms with Gasteiger partial charge in [0, 0.05) is 66.4 Å². The van der Waals surface area contributed by atoms with Crippen LogP contribution in [0, 0.1) is 0 Å². The van der Waals surface area contributed by atoms with Crippen LogP contribution in [0.15, 0.2) is 66.7 Å². The van der Waals surface area contributed by atoms with Crippen LogP contribution < -0.4 is 15.0 Å². The molecule has 0 atom stereocenters. The standard InChI is InChI=1S/C41H45N3O5/c1-3-49-31-15-17-33-34(26-31)43(2)21-22-44-35-25-30(14-16-32(35)38(39(33)44)29-11-5-4-6-12-29)40(48)42-41(19-8-20-41)36(45)24-28-10-7-9-27(23-28)13-18-37(46)47/h7,9-10,13-18,23,25-26,29H,3-6,8,11-12,19-22,24H2,1-2H3,(H,42,48)(H,46,47)/b18-13+. The minimum Gasteiger partial charge on any atom is -0.494 e. The smallest absolute Gasteiger partial charge is 0.328 e. The number of nitrogens with one attached hydrogen (secondary N) is 1. The van der Waals surface area contributed by atoms with Crippen molar-refractivity contribution in [1.29, 1.82) is 0 Å². The highest BCUT2D eigenvalue weighted by Gasteiger charge is 2.45. The molecule has 49 heavy (non-hydrogen) atoms. The monoisotopic (exact) mass is 659 g/mol. The first kappa shape index (κ1) is 32.7. The van der Waals surface area contributed by atoms with E-state index in [0.717, 1.165) is 53.7 Å². The molecule has 8 nitrogen and oxygen atoms in total. The molecule has 1 aliphatic heterocycles. The van der Waals surface area contributed by atoms with Crippen LogP contribution in [0.2, 0.25) is 0 Å². The lowest BCUT2D eigenvalue weighted by atomic mass is 9.72. The molecule has 0 spiro atoms. The zero-order valence-electron chi connectivity index (χ0n) is 28.5. The van der Waals surface area contributed by atoms with Crippen LogP contribution in [0.3, 0.4) is 0 Å². The van der Waals surface area contributed by atoms with Gasteiger partial charge in [-0.3, -0.25) is 9.59 Å². The molecule has 8 heteroatoms. The molecule has 0 radical (unpaired) electrons. The van der Waals surface area contributed by atoms with Crippen molar-refractivity contribution in [1.82, 2.24) is 9.88 Å². The fourth-order valence-electron chi connectivity index (χ4n) is 8.12. The molecular weight excluding hydrogens is 614 g/mol. The Morgan fingerprint density at radius 1 is 0.980 bits per heavy atom. The number of benzene rings is 3. The van der Waals surface area contributed by atoms with Gasteiger partial charge in [0.15, 0.2) is 5.78 Å². The van der Waals surface area contributed by atoms with Gasteiger partial charge in [-0.2, -0.15) is 0 Å². The van der Waals surface area contributed by atoms with E-state index in [9.17, 15) is 14.4 Å². The Hall–Kier alpha value is -4.85. The van der Waals surface area contributed by atoms with Crippen molar-refractivity contribution >= 4 is 40.3 Å². The number of aliphatic carboxylic acids is 1. The van der Waals surface area contributed by atoms with Gasteiger partial charge in [0.2, 0.25) is 0 Å². The number of carbonyl (C=O) groups excluding carboxylic acids is 2. The topological polar surface area (TPSA) is 101 Å². The number of amides is 1. The Morgan fingerprint density at radius 2 is 1.80 bits per heavy atom. The average molecular weight is 660 g/mol. The third-order valence-corrected chi connectivity index (χ3v) is 10.8. The van der Waals surface area contributed by atoms with Crippen LogP contribution in [-0.4, -0.2) is 53.1 Å². The number of carboxylic acid groups (broad SMARTS) is 1. The SMILES string of the molecule is CCOc1ccc2c(c1)N(C)CCn1c-2c(C2CCCCC2)c2ccc(C(=O)NC3(C(=O)Cc4cccc(/C=C/C(=O)O)c4)CCC3)cc21. The Labute approximate surface area is 287 Å². The third-order valence-electron chi connectivity index (χ3n) is 10.8. The van der Waals surface area contributed by atoms with Crippen molar-refractivity contribution in [3.8, 4) is 17.0 Å². The molecule has 2 fully saturated rings. The van der Waals surface area contributed by atoms with E-state index >= 15 is 0 Å². The summed E-state index contributed by atoms with van der Waals surface area (Å²) < 4.78 is 8.32. The van der Waals surface area contributed by atoms with Gasteiger partial charge in [0.25, 0.3) is 5.91 Å². The van der Waals surface area contributed by atoms with Gasteiger partial charge in [0.1, 0.15) is 5.75 Å². The number of hydrogen-bond acceptors (Lipinski definition) is 5. The number of aromatic nitrogens is 1. The van der Waals surface area contributed by atoms with Crippen LogP contribution in [0.25, 0.3) is 28.2 Å². The number of Topliss-reactive ketones (excluding diaryl/α,β-unsaturated/α-hetero) is 1. The summed E-state index contributed by atoms with van der Waals surface area (Å²) in [6.45, 7) is 4.24. The van der Waals surface area contributed by atoms with Gasteiger partial charge < -0.3 is 24.6 Å². The molecule has 0 saturated heterocycles. The molecule has 1 aromatic heterocycles. The minimum atomic E-state index is -1.02. The quantitative estimate of drug-likeness (QED) is 0.169. The highest BCUT2D eigenvalue weighted by molar-refractivity contribution is 6.04. The number of ketones is 1. The zero-order chi connectivity index (χ0) is 34.1. The first-order valence-corrected chi connectivity index (χ1v) is 17.8. The summed E-state index contributed by atoms with van der Waals surface area (Å²) >= 11 is 0. The first-order chi connectivity index (χ1) is 23.8. The Morgan fingerprint density at radius 3 is 2.53 bits per heavy atom. The fourth-order valence-corrected chi connectivity index (χ4v) is 8.12. The van der Waals surface area contributed by atoms with Crippen molar-refractivity contribution in [2.24, 2.45) is 0 Å². The van der Waals surface area contributed by atoms with E-state index in [1.54, 1.807) is 6.07 Å². The predicted octanol–water partition coefficient (Wildman–Crippen LogP) is 7.77. The number of fused-ring (bicyclic) bond motifs is 5. The maximum absolute atomic E-state index is 14.0. The lowest BCUT2D eigenvalue weighted by Gasteiger charge is -2.41. The van der Waals surface area contributed by atoms with Crippen LogP contribution in [0.1, 0.15) is 91.3 Å². The largest absolute Gasteiger partial charge is 0.494 e. The van der Waals surface area contributed by atoms with E-state index in [1.807, 2.05) is 37.3 Å². The van der Waals surface area contributed by atoms with E-state index in [-0.39, 0.29) is 18.1 Å². The molecule has 4 aromatic rings. The summed E-state index contributed by atoms with van der Waals surface area (Å²) in [5.41, 5.74) is 7.26. The average Bonchev–Trinajstić information content (AvgIpc) is 3.34. The Balaban J connectivity index is 1.22. The highest BCUT2D eigenvalue weighted by Crippen LogP contribution is 2.48. The van der Waals surface area contributed by atoms with Gasteiger partial charge >= 0.3 is 5.97 Å². The second kappa shape index (κ2) is 13.6. The zero-order valence-corrected chi connectivity index (χ0v) is 28.5. The Kier molecular flexibility index (Phi) is 9.05. The van der Waals surface area contributed by atoms with Crippen molar-refractivity contribution < 1.29 is 24.2 Å². The number of carbonyl (C=O) groups is 3. The van der Waals surface area contributed by atoms with Gasteiger partial charge in [-0.05, 0) is 92.0 Å². The maximum atomic E-state index is 14.0. The molecule has 2 saturated carbocycles. The summed E-state index contributed by atoms with van der Waals surface area (Å²) in [5.74, 6) is 0.0672. The lowest BCUT2D eigenvalue weighted by molar-refractivity contribution is -0.131. The number of carboxylic acids is 1. The lowest BCUT2D eigenvalue weighted by Crippen LogP contribution is -2.59. The summed E-state index contributed by atoms with van der Waals surface area (Å²) in [5, 5.41) is 13.4. The molecular formula is C41H45N3O5. The number of likely N-dealkylation sites (N-methyl/N-ethyl adjacent to an activating group) is 1. The van der Waals surface area contributed by atoms with E-state index in [2.05, 4.69) is 46.1 Å². The van der Waals surface area contributed by atoms with Crippen molar-refractivity contribution in [2.45, 2.75) is 82.7 Å². The number of rotatable bonds is 10. The molecule has 2 aliphatic carbocycles. The predicted molar refractivity (Wildman–Crippen MR) is 194 cm³/mol. The van der Waals surface area contributed by atoms with Crippen molar-refractivity contribution in [3.63, 3.8) is 0 Å². The van der Waals surface area contributed by atoms with Gasteiger partial charge in [-0.15, -0.1) is 0 Å². The van der Waals surface area contributed by atoms with Crippen LogP contribution in [-0.2, 0) is 22.6 Å². The van der Waals surface area contributed by atoms with E-state index in [1.165, 1.54) is 60.4 Å². The van der Waals surface area contributed by atoms with E-state index < -0.39 is 11.5 Å². The minimum absolute atomic E-state index is 0.0188. The highest BCUT2D eigenvalue weighted by atomic mass is 16.5. The second-order valence-electron chi connectivity index (χ2n) is 13.9. The van der Waals surface area contributed by atoms with Crippen molar-refractivity contribution in [2.75, 3.05) is 25.1 Å². The molecule has 7 rings (SSSR count). The van der Waals surface area contributed by atoms with E-state index in [4.69, 9.17) is 9.84 Å². The Bertz CT molecular complexity index is 1950. The van der Waals surface area contributed by atoms with Crippen molar-refractivity contribution in [3.05, 3.63) is 89.0 Å². The van der Waals surface area contributed by atoms with Crippen LogP contribution >= 0.6 is 0 Å². The number of ether oxygens (including phenoxy) is 1. The first-order valence-electron chi connectivity index (χ1n) is 17.8. The van der Waals surface area contributed by atoms with Gasteiger partial charge in [-0.1, -0.05) is 49.6 Å². The van der Waals surface area contributed by atoms with Crippen LogP contribution in [0.4, 0.5) is 5.69 Å². The number of hydrogen-bond donors (Lipinski definition) is 2. The number of anilines is 1. The molecule has 1 amide bonds. The molecule has 0 unspecified atom stereocenters. The number of nitrogens with zero attached hydrogens (tertiary/aromatic N) is 2. The molecule has 0 bridgehead atoms. The normalized spacial score (nSPS) is 17.2. The summed E-state index contributed by atoms with van der Waals surface area (Å²) in [4.78, 5) is 41.0. The molecule has 3 aromatic carbocycles. The summed E-state index contributed by atoms with van der Waals surface area (Å²) in [6, 6.07) is 19.9. The van der Waals surface area contributed by atoms with Gasteiger partial charge in [-0.25, -0.2) is 4.79 Å². The molecule has 2 heterocycles. The molecule has 2 N–H and O–H groups in total.